The van der Waals surface area contributed by atoms with Crippen molar-refractivity contribution in [1.82, 2.24) is 19.5 Å². The standard InChI is InChI=1S/C13H10N4O/c18-13(10-5-14-8-15-6-10)7-17-9-16-11-3-1-2-4-12(11)17/h1-6,8-9H,7H2. The fourth-order valence-corrected chi connectivity index (χ4v) is 1.83. The molecular weight excluding hydrogens is 228 g/mol. The number of nitrogens with zero attached hydrogens (tertiary/aromatic N) is 4. The van der Waals surface area contributed by atoms with Crippen molar-refractivity contribution in [3.05, 3.63) is 54.9 Å². The fourth-order valence-electron chi connectivity index (χ4n) is 1.83. The van der Waals surface area contributed by atoms with Crippen LogP contribution < -0.4 is 0 Å². The van der Waals surface area contributed by atoms with Crippen molar-refractivity contribution in [2.45, 2.75) is 6.54 Å². The van der Waals surface area contributed by atoms with Crippen LogP contribution in [0.15, 0.2) is 49.3 Å². The van der Waals surface area contributed by atoms with Gasteiger partial charge in [-0.1, -0.05) is 12.1 Å². The number of benzene rings is 1. The summed E-state index contributed by atoms with van der Waals surface area (Å²) in [5, 5.41) is 0. The molecule has 5 heteroatoms. The van der Waals surface area contributed by atoms with Gasteiger partial charge in [0.25, 0.3) is 0 Å². The van der Waals surface area contributed by atoms with E-state index in [0.717, 1.165) is 11.0 Å². The van der Waals surface area contributed by atoms with Gasteiger partial charge in [0, 0.05) is 12.4 Å². The Morgan fingerprint density at radius 1 is 1.17 bits per heavy atom. The average molecular weight is 238 g/mol. The molecule has 0 bridgehead atoms. The van der Waals surface area contributed by atoms with E-state index in [0.29, 0.717) is 5.56 Å². The molecule has 0 radical (unpaired) electrons. The molecular formula is C13H10N4O. The summed E-state index contributed by atoms with van der Waals surface area (Å²) in [6, 6.07) is 7.71. The van der Waals surface area contributed by atoms with Gasteiger partial charge < -0.3 is 4.57 Å². The summed E-state index contributed by atoms with van der Waals surface area (Å²) in [5.41, 5.74) is 2.34. The maximum Gasteiger partial charge on any atom is 0.185 e. The molecule has 18 heavy (non-hydrogen) atoms. The lowest BCUT2D eigenvalue weighted by Gasteiger charge is -2.02. The van der Waals surface area contributed by atoms with Crippen molar-refractivity contribution >= 4 is 16.8 Å². The van der Waals surface area contributed by atoms with Crippen molar-refractivity contribution in [3.63, 3.8) is 0 Å². The Morgan fingerprint density at radius 2 is 1.94 bits per heavy atom. The lowest BCUT2D eigenvalue weighted by Crippen LogP contribution is -2.10. The highest BCUT2D eigenvalue weighted by atomic mass is 16.1. The number of carbonyl (C=O) groups is 1. The SMILES string of the molecule is O=C(Cn1cnc2ccccc21)c1cncnc1. The lowest BCUT2D eigenvalue weighted by molar-refractivity contribution is 0.0972. The van der Waals surface area contributed by atoms with Crippen LogP contribution >= 0.6 is 0 Å². The molecule has 5 nitrogen and oxygen atoms in total. The third kappa shape index (κ3) is 1.86. The summed E-state index contributed by atoms with van der Waals surface area (Å²) < 4.78 is 1.82. The van der Waals surface area contributed by atoms with Crippen molar-refractivity contribution in [1.29, 1.82) is 0 Å². The first kappa shape index (κ1) is 10.6. The van der Waals surface area contributed by atoms with Gasteiger partial charge in [0.2, 0.25) is 0 Å². The Kier molecular flexibility index (Phi) is 2.57. The Balaban J connectivity index is 1.91. The molecule has 0 unspecified atom stereocenters. The van der Waals surface area contributed by atoms with Crippen molar-refractivity contribution in [2.75, 3.05) is 0 Å². The Morgan fingerprint density at radius 3 is 2.78 bits per heavy atom. The second kappa shape index (κ2) is 4.37. The van der Waals surface area contributed by atoms with Gasteiger partial charge in [0.05, 0.1) is 29.5 Å². The lowest BCUT2D eigenvalue weighted by atomic mass is 10.2. The molecule has 0 N–H and O–H groups in total. The number of imidazole rings is 1. The monoisotopic (exact) mass is 238 g/mol. The summed E-state index contributed by atoms with van der Waals surface area (Å²) in [6.07, 6.45) is 6.12. The molecule has 1 aromatic carbocycles. The number of Topliss-reactive ketones (excluding diaryl/α,β-unsaturated/α-hetero) is 1. The first-order chi connectivity index (χ1) is 8.84. The highest BCUT2D eigenvalue weighted by Crippen LogP contribution is 2.12. The summed E-state index contributed by atoms with van der Waals surface area (Å²) >= 11 is 0. The van der Waals surface area contributed by atoms with E-state index < -0.39 is 0 Å². The van der Waals surface area contributed by atoms with Crippen LogP contribution in [-0.2, 0) is 6.54 Å². The van der Waals surface area contributed by atoms with Crippen LogP contribution in [0.5, 0.6) is 0 Å². The van der Waals surface area contributed by atoms with Gasteiger partial charge in [-0.25, -0.2) is 15.0 Å². The summed E-state index contributed by atoms with van der Waals surface area (Å²) in [4.78, 5) is 24.0. The molecule has 2 aromatic heterocycles. The molecule has 3 rings (SSSR count). The molecule has 2 heterocycles. The molecule has 0 atom stereocenters. The van der Waals surface area contributed by atoms with E-state index >= 15 is 0 Å². The van der Waals surface area contributed by atoms with Crippen molar-refractivity contribution in [3.8, 4) is 0 Å². The Bertz CT molecular complexity index is 690. The largest absolute Gasteiger partial charge is 0.323 e. The quantitative estimate of drug-likeness (QED) is 0.652. The number of fused-ring (bicyclic) bond motifs is 1. The Hall–Kier alpha value is -2.56. The van der Waals surface area contributed by atoms with E-state index in [1.54, 1.807) is 6.33 Å². The van der Waals surface area contributed by atoms with Crippen LogP contribution in [0.25, 0.3) is 11.0 Å². The minimum atomic E-state index is -0.0289. The van der Waals surface area contributed by atoms with Crippen LogP contribution in [0.4, 0.5) is 0 Å². The molecule has 0 amide bonds. The highest BCUT2D eigenvalue weighted by Gasteiger charge is 2.09. The number of hydrogen-bond donors (Lipinski definition) is 0. The Labute approximate surface area is 103 Å². The number of carbonyl (C=O) groups excluding carboxylic acids is 1. The van der Waals surface area contributed by atoms with Gasteiger partial charge in [0.15, 0.2) is 5.78 Å². The third-order valence-electron chi connectivity index (χ3n) is 2.72. The van der Waals surface area contributed by atoms with Gasteiger partial charge >= 0.3 is 0 Å². The molecule has 88 valence electrons. The van der Waals surface area contributed by atoms with Gasteiger partial charge in [0.1, 0.15) is 6.33 Å². The highest BCUT2D eigenvalue weighted by molar-refractivity contribution is 5.96. The number of rotatable bonds is 3. The van der Waals surface area contributed by atoms with Crippen LogP contribution in [0, 0.1) is 0 Å². The van der Waals surface area contributed by atoms with Crippen LogP contribution in [0.3, 0.4) is 0 Å². The normalized spacial score (nSPS) is 10.7. The third-order valence-corrected chi connectivity index (χ3v) is 2.72. The second-order valence-electron chi connectivity index (χ2n) is 3.91. The van der Waals surface area contributed by atoms with Gasteiger partial charge in [-0.2, -0.15) is 0 Å². The van der Waals surface area contributed by atoms with Crippen LogP contribution in [0.2, 0.25) is 0 Å². The zero-order valence-corrected chi connectivity index (χ0v) is 9.52. The molecule has 0 saturated heterocycles. The van der Waals surface area contributed by atoms with E-state index in [4.69, 9.17) is 0 Å². The van der Waals surface area contributed by atoms with E-state index in [2.05, 4.69) is 15.0 Å². The summed E-state index contributed by atoms with van der Waals surface area (Å²) in [7, 11) is 0. The maximum atomic E-state index is 12.0. The number of hydrogen-bond acceptors (Lipinski definition) is 4. The number of para-hydroxylation sites is 2. The van der Waals surface area contributed by atoms with E-state index in [9.17, 15) is 4.79 Å². The molecule has 0 aliphatic heterocycles. The smallest absolute Gasteiger partial charge is 0.185 e. The molecule has 0 fully saturated rings. The zero-order valence-electron chi connectivity index (χ0n) is 9.52. The minimum absolute atomic E-state index is 0.0289. The fraction of sp³-hybridized carbons (Fsp3) is 0.0769. The maximum absolute atomic E-state index is 12.0. The van der Waals surface area contributed by atoms with Gasteiger partial charge in [-0.15, -0.1) is 0 Å². The average Bonchev–Trinajstić information content (AvgIpc) is 2.83. The predicted molar refractivity (Wildman–Crippen MR) is 66.1 cm³/mol. The summed E-state index contributed by atoms with van der Waals surface area (Å²) in [5.74, 6) is -0.0289. The van der Waals surface area contributed by atoms with E-state index in [1.807, 2.05) is 28.8 Å². The van der Waals surface area contributed by atoms with Crippen molar-refractivity contribution < 1.29 is 4.79 Å². The number of ketones is 1. The zero-order chi connectivity index (χ0) is 12.4. The molecule has 0 saturated carbocycles. The van der Waals surface area contributed by atoms with Crippen LogP contribution in [0.1, 0.15) is 10.4 Å². The molecule has 3 aromatic rings. The van der Waals surface area contributed by atoms with Gasteiger partial charge in [-0.3, -0.25) is 4.79 Å². The molecule has 0 aliphatic carbocycles. The van der Waals surface area contributed by atoms with E-state index in [1.165, 1.54) is 18.7 Å². The van der Waals surface area contributed by atoms with E-state index in [-0.39, 0.29) is 12.3 Å². The van der Waals surface area contributed by atoms with Gasteiger partial charge in [-0.05, 0) is 12.1 Å². The summed E-state index contributed by atoms with van der Waals surface area (Å²) in [6.45, 7) is 0.244. The minimum Gasteiger partial charge on any atom is -0.323 e. The number of aromatic nitrogens is 4. The topological polar surface area (TPSA) is 60.7 Å². The predicted octanol–water partition coefficient (Wildman–Crippen LogP) is 1.71. The molecule has 0 aliphatic rings. The van der Waals surface area contributed by atoms with Crippen molar-refractivity contribution in [2.24, 2.45) is 0 Å². The molecule has 0 spiro atoms. The van der Waals surface area contributed by atoms with Crippen LogP contribution in [-0.4, -0.2) is 25.3 Å². The first-order valence-corrected chi connectivity index (χ1v) is 5.53. The first-order valence-electron chi connectivity index (χ1n) is 5.53. The second-order valence-corrected chi connectivity index (χ2v) is 3.91.